The van der Waals surface area contributed by atoms with Crippen molar-refractivity contribution < 1.29 is 13.2 Å². The highest BCUT2D eigenvalue weighted by Crippen LogP contribution is 2.34. The smallest absolute Gasteiger partial charge is 0.369 e. The van der Waals surface area contributed by atoms with Crippen LogP contribution in [0.5, 0.6) is 0 Å². The lowest BCUT2D eigenvalue weighted by molar-refractivity contribution is -0.141. The molecule has 7 heteroatoms. The average molecular weight is 477 g/mol. The zero-order valence-corrected chi connectivity index (χ0v) is 19.8. The van der Waals surface area contributed by atoms with Gasteiger partial charge in [-0.15, -0.1) is 0 Å². The Bertz CT molecular complexity index is 1280. The van der Waals surface area contributed by atoms with Gasteiger partial charge in [-0.25, -0.2) is 4.68 Å². The number of hydrogen-bond acceptors (Lipinski definition) is 3. The van der Waals surface area contributed by atoms with Gasteiger partial charge in [0.1, 0.15) is 0 Å². The van der Waals surface area contributed by atoms with Crippen molar-refractivity contribution in [3.05, 3.63) is 90.1 Å². The second kappa shape index (κ2) is 9.23. The highest BCUT2D eigenvalue weighted by Gasteiger charge is 2.35. The van der Waals surface area contributed by atoms with E-state index in [2.05, 4.69) is 21.9 Å². The molecule has 1 fully saturated rings. The molecule has 0 amide bonds. The summed E-state index contributed by atoms with van der Waals surface area (Å²) >= 11 is 0. The predicted octanol–water partition coefficient (Wildman–Crippen LogP) is 6.29. The van der Waals surface area contributed by atoms with E-state index in [4.69, 9.17) is 0 Å². The fraction of sp³-hybridized carbons (Fsp3) is 0.250. The molecule has 1 aliphatic heterocycles. The number of alkyl halides is 3. The van der Waals surface area contributed by atoms with Gasteiger partial charge in [0.05, 0.1) is 11.4 Å². The van der Waals surface area contributed by atoms with Crippen LogP contribution < -0.4 is 4.90 Å². The van der Waals surface area contributed by atoms with E-state index in [9.17, 15) is 13.2 Å². The van der Waals surface area contributed by atoms with Gasteiger partial charge in [0.15, 0.2) is 5.69 Å². The molecule has 0 saturated carbocycles. The third-order valence-corrected chi connectivity index (χ3v) is 6.53. The Kier molecular flexibility index (Phi) is 6.11. The van der Waals surface area contributed by atoms with Crippen LogP contribution in [-0.4, -0.2) is 47.9 Å². The number of piperazine rings is 1. The normalized spacial score (nSPS) is 14.9. The summed E-state index contributed by atoms with van der Waals surface area (Å²) in [6.07, 6.45) is -4.53. The Hall–Kier alpha value is -3.58. The third kappa shape index (κ3) is 4.95. The summed E-state index contributed by atoms with van der Waals surface area (Å²) in [6.45, 7) is 5.85. The number of hydrogen-bond donors (Lipinski definition) is 0. The minimum Gasteiger partial charge on any atom is -0.369 e. The van der Waals surface area contributed by atoms with Gasteiger partial charge < -0.3 is 9.80 Å². The van der Waals surface area contributed by atoms with Crippen LogP contribution in [0.25, 0.3) is 28.1 Å². The van der Waals surface area contributed by atoms with Crippen LogP contribution in [0.15, 0.2) is 78.9 Å². The molecule has 0 atom stereocenters. The van der Waals surface area contributed by atoms with Crippen LogP contribution >= 0.6 is 0 Å². The van der Waals surface area contributed by atoms with Gasteiger partial charge in [-0.3, -0.25) is 0 Å². The number of aryl methyl sites for hydroxylation is 1. The van der Waals surface area contributed by atoms with E-state index < -0.39 is 11.9 Å². The largest absolute Gasteiger partial charge is 0.435 e. The first kappa shape index (κ1) is 23.2. The molecule has 35 heavy (non-hydrogen) atoms. The molecule has 1 aliphatic rings. The minimum atomic E-state index is -4.53. The Morgan fingerprint density at radius 3 is 1.77 bits per heavy atom. The number of halogens is 3. The van der Waals surface area contributed by atoms with Gasteiger partial charge >= 0.3 is 6.18 Å². The molecule has 0 radical (unpaired) electrons. The summed E-state index contributed by atoms with van der Waals surface area (Å²) in [4.78, 5) is 4.57. The average Bonchev–Trinajstić information content (AvgIpc) is 3.32. The van der Waals surface area contributed by atoms with Gasteiger partial charge in [-0.05, 0) is 55.4 Å². The van der Waals surface area contributed by atoms with E-state index >= 15 is 0 Å². The number of likely N-dealkylation sites (N-methyl/N-ethyl adjacent to an activating group) is 1. The second-order valence-electron chi connectivity index (χ2n) is 9.07. The highest BCUT2D eigenvalue weighted by atomic mass is 19.4. The minimum absolute atomic E-state index is 0.403. The first-order chi connectivity index (χ1) is 16.8. The van der Waals surface area contributed by atoms with Crippen molar-refractivity contribution in [1.29, 1.82) is 0 Å². The maximum Gasteiger partial charge on any atom is 0.435 e. The molecule has 0 unspecified atom stereocenters. The molecule has 4 nitrogen and oxygen atoms in total. The summed E-state index contributed by atoms with van der Waals surface area (Å²) in [7, 11) is 2.10. The standard InChI is InChI=1S/C28H27F3N4/c1-20-3-5-21(6-4-20)22-7-9-23(10-8-22)26-19-27(28(29,30)31)32-35(26)25-13-11-24(12-14-25)34-17-15-33(2)16-18-34/h3-14,19H,15-18H2,1-2H3. The Morgan fingerprint density at radius 2 is 1.20 bits per heavy atom. The third-order valence-electron chi connectivity index (χ3n) is 6.53. The van der Waals surface area contributed by atoms with E-state index in [-0.39, 0.29) is 0 Å². The lowest BCUT2D eigenvalue weighted by atomic mass is 10.0. The van der Waals surface area contributed by atoms with Crippen molar-refractivity contribution in [1.82, 2.24) is 14.7 Å². The zero-order chi connectivity index (χ0) is 24.6. The molecule has 4 aromatic rings. The molecule has 180 valence electrons. The van der Waals surface area contributed by atoms with Crippen molar-refractivity contribution in [2.24, 2.45) is 0 Å². The van der Waals surface area contributed by atoms with Crippen molar-refractivity contribution >= 4 is 5.69 Å². The Balaban J connectivity index is 1.48. The summed E-state index contributed by atoms with van der Waals surface area (Å²) in [5.41, 5.74) is 5.07. The fourth-order valence-electron chi connectivity index (χ4n) is 4.37. The summed E-state index contributed by atoms with van der Waals surface area (Å²) in [5, 5.41) is 3.94. The van der Waals surface area contributed by atoms with Gasteiger partial charge in [0.2, 0.25) is 0 Å². The molecule has 0 N–H and O–H groups in total. The van der Waals surface area contributed by atoms with Crippen LogP contribution in [0.2, 0.25) is 0 Å². The van der Waals surface area contributed by atoms with Crippen LogP contribution in [0, 0.1) is 6.92 Å². The van der Waals surface area contributed by atoms with Crippen LogP contribution in [0.1, 0.15) is 11.3 Å². The molecular weight excluding hydrogens is 449 g/mol. The summed E-state index contributed by atoms with van der Waals surface area (Å²) in [6, 6.07) is 24.4. The number of benzene rings is 3. The van der Waals surface area contributed by atoms with E-state index in [1.807, 2.05) is 79.7 Å². The van der Waals surface area contributed by atoms with Crippen LogP contribution in [0.4, 0.5) is 18.9 Å². The highest BCUT2D eigenvalue weighted by molar-refractivity contribution is 5.70. The maximum atomic E-state index is 13.6. The van der Waals surface area contributed by atoms with E-state index in [0.717, 1.165) is 49.1 Å². The Labute approximate surface area is 203 Å². The molecule has 0 spiro atoms. The van der Waals surface area contributed by atoms with E-state index in [0.29, 0.717) is 16.9 Å². The summed E-state index contributed by atoms with van der Waals surface area (Å²) < 4.78 is 42.1. The quantitative estimate of drug-likeness (QED) is 0.346. The summed E-state index contributed by atoms with van der Waals surface area (Å²) in [5.74, 6) is 0. The van der Waals surface area contributed by atoms with Crippen molar-refractivity contribution in [2.75, 3.05) is 38.1 Å². The molecule has 3 aromatic carbocycles. The van der Waals surface area contributed by atoms with Crippen LogP contribution in [-0.2, 0) is 6.18 Å². The lowest BCUT2D eigenvalue weighted by Crippen LogP contribution is -2.44. The van der Waals surface area contributed by atoms with E-state index in [1.165, 1.54) is 10.2 Å². The zero-order valence-electron chi connectivity index (χ0n) is 19.8. The molecule has 0 bridgehead atoms. The molecule has 1 saturated heterocycles. The van der Waals surface area contributed by atoms with Crippen molar-refractivity contribution in [3.63, 3.8) is 0 Å². The number of aromatic nitrogens is 2. The predicted molar refractivity (Wildman–Crippen MR) is 134 cm³/mol. The molecule has 2 heterocycles. The Morgan fingerprint density at radius 1 is 0.686 bits per heavy atom. The van der Waals surface area contributed by atoms with Gasteiger partial charge in [0, 0.05) is 37.4 Å². The number of nitrogens with zero attached hydrogens (tertiary/aromatic N) is 4. The molecule has 0 aliphatic carbocycles. The first-order valence-electron chi connectivity index (χ1n) is 11.7. The number of rotatable bonds is 4. The second-order valence-corrected chi connectivity index (χ2v) is 9.07. The van der Waals surface area contributed by atoms with Gasteiger partial charge in [-0.1, -0.05) is 54.1 Å². The maximum absolute atomic E-state index is 13.6. The molecule has 1 aromatic heterocycles. The topological polar surface area (TPSA) is 24.3 Å². The lowest BCUT2D eigenvalue weighted by Gasteiger charge is -2.34. The first-order valence-corrected chi connectivity index (χ1v) is 11.7. The SMILES string of the molecule is Cc1ccc(-c2ccc(-c3cc(C(F)(F)F)nn3-c3ccc(N4CCN(C)CC4)cc3)cc2)cc1. The van der Waals surface area contributed by atoms with Gasteiger partial charge in [-0.2, -0.15) is 18.3 Å². The van der Waals surface area contributed by atoms with Gasteiger partial charge in [0.25, 0.3) is 0 Å². The molecular formula is C28H27F3N4. The van der Waals surface area contributed by atoms with Crippen molar-refractivity contribution in [3.8, 4) is 28.1 Å². The van der Waals surface area contributed by atoms with E-state index in [1.54, 1.807) is 0 Å². The molecule has 5 rings (SSSR count). The fourth-order valence-corrected chi connectivity index (χ4v) is 4.37. The van der Waals surface area contributed by atoms with Crippen molar-refractivity contribution in [2.45, 2.75) is 13.1 Å². The monoisotopic (exact) mass is 476 g/mol. The number of anilines is 1. The van der Waals surface area contributed by atoms with Crippen LogP contribution in [0.3, 0.4) is 0 Å².